The van der Waals surface area contributed by atoms with Crippen molar-refractivity contribution in [2.45, 2.75) is 48.6 Å². The van der Waals surface area contributed by atoms with E-state index in [0.29, 0.717) is 24.2 Å². The van der Waals surface area contributed by atoms with Gasteiger partial charge in [-0.15, -0.1) is 0 Å². The Bertz CT molecular complexity index is 1600. The second kappa shape index (κ2) is 8.55. The largest absolute Gasteiger partial charge is 0.382 e. The predicted octanol–water partition coefficient (Wildman–Crippen LogP) is 3.05. The Balaban J connectivity index is 1.46. The number of aromatic nitrogens is 4. The molecule has 3 aromatic heterocycles. The number of rotatable bonds is 4. The van der Waals surface area contributed by atoms with Gasteiger partial charge in [0, 0.05) is 47.1 Å². The number of nitrogen functional groups attached to an aromatic ring is 1. The van der Waals surface area contributed by atoms with Crippen LogP contribution in [0.3, 0.4) is 0 Å². The summed E-state index contributed by atoms with van der Waals surface area (Å²) in [6.45, 7) is 0. The number of anilines is 1. The van der Waals surface area contributed by atoms with E-state index in [2.05, 4.69) is 10.1 Å². The molecule has 1 aromatic carbocycles. The molecule has 0 spiro atoms. The maximum atomic E-state index is 12.9. The molecule has 5 N–H and O–H groups in total. The molecule has 11 heteroatoms. The van der Waals surface area contributed by atoms with Crippen molar-refractivity contribution in [3.05, 3.63) is 60.6 Å². The first-order valence-electron chi connectivity index (χ1n) is 12.2. The highest BCUT2D eigenvalue weighted by molar-refractivity contribution is 7.91. The zero-order valence-electron chi connectivity index (χ0n) is 20.4. The quantitative estimate of drug-likeness (QED) is 0.276. The highest BCUT2D eigenvalue weighted by atomic mass is 32.2. The van der Waals surface area contributed by atoms with Crippen molar-refractivity contribution >= 4 is 27.3 Å². The van der Waals surface area contributed by atoms with Gasteiger partial charge in [0.1, 0.15) is 10.7 Å². The van der Waals surface area contributed by atoms with Crippen LogP contribution in [0.2, 0.25) is 0 Å². The lowest BCUT2D eigenvalue weighted by Gasteiger charge is -2.39. The standard InChI is InChI=1S/C26H28N8O2S/c1-37(35,36)23-22(17-11-18-8-9-19(12-17)33(18)26(28)29)32-25-20(14-31-34(25)24(23)27)16-7-10-21(30-13-16)15-5-3-2-4-6-15/h2-7,10,13-14,17-19H,8-9,11-12,27H2,1H3,(H3,28,29)/t17-,18-,19+. The highest BCUT2D eigenvalue weighted by Gasteiger charge is 2.44. The van der Waals surface area contributed by atoms with E-state index in [-0.39, 0.29) is 34.7 Å². The SMILES string of the molecule is CS(=O)(=O)c1c([C@@H]2C[C@H]3CC[C@@H](C2)N3C(=N)N)nc2c(-c3ccc(-c4ccccc4)nc3)cnn2c1N. The molecule has 5 heterocycles. The van der Waals surface area contributed by atoms with Gasteiger partial charge in [-0.25, -0.2) is 13.4 Å². The minimum absolute atomic E-state index is 0.0351. The van der Waals surface area contributed by atoms with Crippen LogP contribution in [0.4, 0.5) is 5.82 Å². The Morgan fingerprint density at radius 2 is 1.73 bits per heavy atom. The molecule has 2 saturated heterocycles. The van der Waals surface area contributed by atoms with Gasteiger partial charge < -0.3 is 16.4 Å². The van der Waals surface area contributed by atoms with E-state index in [1.165, 1.54) is 4.52 Å². The lowest BCUT2D eigenvalue weighted by atomic mass is 9.88. The summed E-state index contributed by atoms with van der Waals surface area (Å²) in [5, 5.41) is 12.4. The Kier molecular flexibility index (Phi) is 5.41. The van der Waals surface area contributed by atoms with Crippen molar-refractivity contribution in [3.8, 4) is 22.4 Å². The van der Waals surface area contributed by atoms with E-state index in [9.17, 15) is 8.42 Å². The summed E-state index contributed by atoms with van der Waals surface area (Å²) in [4.78, 5) is 11.5. The van der Waals surface area contributed by atoms with Gasteiger partial charge in [0.2, 0.25) is 0 Å². The first kappa shape index (κ1) is 23.4. The number of fused-ring (bicyclic) bond motifs is 3. The Morgan fingerprint density at radius 3 is 2.32 bits per heavy atom. The lowest BCUT2D eigenvalue weighted by molar-refractivity contribution is 0.208. The first-order chi connectivity index (χ1) is 17.7. The second-order valence-corrected chi connectivity index (χ2v) is 11.9. The number of guanidine groups is 1. The second-order valence-electron chi connectivity index (χ2n) is 9.92. The van der Waals surface area contributed by atoms with Gasteiger partial charge in [0.25, 0.3) is 0 Å². The Hall–Kier alpha value is -3.99. The number of sulfone groups is 1. The average Bonchev–Trinajstić information content (AvgIpc) is 3.42. The van der Waals surface area contributed by atoms with Crippen molar-refractivity contribution in [2.75, 3.05) is 12.0 Å². The molecule has 0 saturated carbocycles. The summed E-state index contributed by atoms with van der Waals surface area (Å²) < 4.78 is 27.3. The summed E-state index contributed by atoms with van der Waals surface area (Å²) in [5.41, 5.74) is 16.7. The van der Waals surface area contributed by atoms with Crippen molar-refractivity contribution in [1.29, 1.82) is 5.41 Å². The van der Waals surface area contributed by atoms with Gasteiger partial charge in [-0.3, -0.25) is 10.4 Å². The van der Waals surface area contributed by atoms with Crippen LogP contribution in [-0.2, 0) is 9.84 Å². The summed E-state index contributed by atoms with van der Waals surface area (Å²) in [7, 11) is -3.68. The molecule has 2 bridgehead atoms. The molecular weight excluding hydrogens is 488 g/mol. The van der Waals surface area contributed by atoms with Gasteiger partial charge in [-0.2, -0.15) is 9.61 Å². The van der Waals surface area contributed by atoms with E-state index < -0.39 is 9.84 Å². The number of nitrogens with two attached hydrogens (primary N) is 2. The van der Waals surface area contributed by atoms with Crippen molar-refractivity contribution < 1.29 is 8.42 Å². The van der Waals surface area contributed by atoms with E-state index in [0.717, 1.165) is 41.5 Å². The van der Waals surface area contributed by atoms with Gasteiger partial charge in [0.15, 0.2) is 21.4 Å². The van der Waals surface area contributed by atoms with Crippen LogP contribution in [0, 0.1) is 5.41 Å². The normalized spacial score (nSPS) is 21.4. The summed E-state index contributed by atoms with van der Waals surface area (Å²) in [6.07, 6.45) is 7.75. The summed E-state index contributed by atoms with van der Waals surface area (Å²) in [6, 6.07) is 14.0. The van der Waals surface area contributed by atoms with Crippen molar-refractivity contribution in [1.82, 2.24) is 24.5 Å². The zero-order chi connectivity index (χ0) is 25.9. The van der Waals surface area contributed by atoms with Crippen LogP contribution >= 0.6 is 0 Å². The van der Waals surface area contributed by atoms with Crippen LogP contribution in [0.5, 0.6) is 0 Å². The minimum atomic E-state index is -3.68. The molecule has 0 radical (unpaired) electrons. The molecule has 10 nitrogen and oxygen atoms in total. The summed E-state index contributed by atoms with van der Waals surface area (Å²) >= 11 is 0. The molecule has 37 heavy (non-hydrogen) atoms. The Labute approximate surface area is 214 Å². The third-order valence-corrected chi connectivity index (χ3v) is 8.74. The lowest BCUT2D eigenvalue weighted by Crippen LogP contribution is -2.49. The molecule has 4 aromatic rings. The number of pyridine rings is 1. The average molecular weight is 517 g/mol. The van der Waals surface area contributed by atoms with Crippen LogP contribution in [-0.4, -0.2) is 57.2 Å². The smallest absolute Gasteiger partial charge is 0.188 e. The maximum Gasteiger partial charge on any atom is 0.188 e. The topological polar surface area (TPSA) is 156 Å². The first-order valence-corrected chi connectivity index (χ1v) is 14.1. The van der Waals surface area contributed by atoms with Gasteiger partial charge in [-0.1, -0.05) is 36.4 Å². The molecule has 0 aliphatic carbocycles. The number of nitrogens with one attached hydrogen (secondary N) is 1. The number of hydrogen-bond donors (Lipinski definition) is 3. The third-order valence-electron chi connectivity index (χ3n) is 7.58. The number of benzene rings is 1. The number of hydrogen-bond acceptors (Lipinski definition) is 7. The molecule has 0 amide bonds. The Morgan fingerprint density at radius 1 is 1.03 bits per heavy atom. The molecule has 0 unspecified atom stereocenters. The molecule has 6 rings (SSSR count). The molecule has 2 aliphatic rings. The van der Waals surface area contributed by atoms with Gasteiger partial charge in [0.05, 0.1) is 17.6 Å². The minimum Gasteiger partial charge on any atom is -0.382 e. The van der Waals surface area contributed by atoms with E-state index >= 15 is 0 Å². The predicted molar refractivity (Wildman–Crippen MR) is 142 cm³/mol. The van der Waals surface area contributed by atoms with Crippen LogP contribution in [0.15, 0.2) is 59.8 Å². The monoisotopic (exact) mass is 516 g/mol. The fraction of sp³-hybridized carbons (Fsp3) is 0.308. The van der Waals surface area contributed by atoms with Gasteiger partial charge in [-0.05, 0) is 31.7 Å². The van der Waals surface area contributed by atoms with Crippen molar-refractivity contribution in [3.63, 3.8) is 0 Å². The molecule has 2 fully saturated rings. The summed E-state index contributed by atoms with van der Waals surface area (Å²) in [5.74, 6) is 0.0113. The fourth-order valence-corrected chi connectivity index (χ4v) is 7.06. The molecular formula is C26H28N8O2S. The fourth-order valence-electron chi connectivity index (χ4n) is 6.00. The van der Waals surface area contributed by atoms with Crippen LogP contribution in [0.25, 0.3) is 28.0 Å². The van der Waals surface area contributed by atoms with Crippen LogP contribution in [0.1, 0.15) is 37.3 Å². The highest BCUT2D eigenvalue weighted by Crippen LogP contribution is 2.45. The van der Waals surface area contributed by atoms with Crippen molar-refractivity contribution in [2.24, 2.45) is 5.73 Å². The number of piperidine rings is 1. The van der Waals surface area contributed by atoms with Crippen LogP contribution < -0.4 is 11.5 Å². The van der Waals surface area contributed by atoms with E-state index in [1.54, 1.807) is 12.4 Å². The zero-order valence-corrected chi connectivity index (χ0v) is 21.2. The van der Waals surface area contributed by atoms with E-state index in [4.69, 9.17) is 21.9 Å². The third kappa shape index (κ3) is 3.90. The van der Waals surface area contributed by atoms with E-state index in [1.807, 2.05) is 47.4 Å². The molecule has 190 valence electrons. The maximum absolute atomic E-state index is 12.9. The van der Waals surface area contributed by atoms with Gasteiger partial charge >= 0.3 is 0 Å². The molecule has 2 aliphatic heterocycles. The number of nitrogens with zero attached hydrogens (tertiary/aromatic N) is 5. The molecule has 3 atom stereocenters.